The van der Waals surface area contributed by atoms with Gasteiger partial charge in [0.1, 0.15) is 5.82 Å². The monoisotopic (exact) mass is 256 g/mol. The molecule has 1 fully saturated rings. The van der Waals surface area contributed by atoms with E-state index >= 15 is 0 Å². The van der Waals surface area contributed by atoms with Gasteiger partial charge in [-0.1, -0.05) is 23.8 Å². The van der Waals surface area contributed by atoms with Crippen LogP contribution in [0.5, 0.6) is 0 Å². The molecule has 19 heavy (non-hydrogen) atoms. The molecular weight excluding hydrogens is 236 g/mol. The van der Waals surface area contributed by atoms with E-state index in [9.17, 15) is 0 Å². The molecule has 0 saturated carbocycles. The Morgan fingerprint density at radius 3 is 2.89 bits per heavy atom. The lowest BCUT2D eigenvalue weighted by Crippen LogP contribution is -2.42. The smallest absolute Gasteiger partial charge is 0.137 e. The van der Waals surface area contributed by atoms with E-state index in [1.807, 2.05) is 6.20 Å². The first-order valence-electron chi connectivity index (χ1n) is 6.85. The molecule has 2 aromatic rings. The number of nitrogens with zero attached hydrogens (tertiary/aromatic N) is 2. The molecule has 0 atom stereocenters. The fraction of sp³-hybridized carbons (Fsp3) is 0.400. The second kappa shape index (κ2) is 5.55. The van der Waals surface area contributed by atoms with Gasteiger partial charge in [0.05, 0.1) is 0 Å². The van der Waals surface area contributed by atoms with Crippen molar-refractivity contribution in [2.24, 2.45) is 0 Å². The van der Waals surface area contributed by atoms with Crippen LogP contribution >= 0.6 is 0 Å². The molecule has 0 amide bonds. The number of rotatable bonds is 3. The number of imidazole rings is 1. The third kappa shape index (κ3) is 3.03. The van der Waals surface area contributed by atoms with Gasteiger partial charge in [-0.2, -0.15) is 0 Å². The Morgan fingerprint density at radius 2 is 2.11 bits per heavy atom. The molecule has 0 unspecified atom stereocenters. The van der Waals surface area contributed by atoms with Crippen LogP contribution in [-0.4, -0.2) is 41.0 Å². The number of piperazine rings is 1. The number of aromatic nitrogens is 2. The lowest BCUT2D eigenvalue weighted by Gasteiger charge is -2.26. The predicted octanol–water partition coefficient (Wildman–Crippen LogP) is 1.79. The molecule has 0 aliphatic carbocycles. The van der Waals surface area contributed by atoms with Gasteiger partial charge < -0.3 is 10.3 Å². The first kappa shape index (κ1) is 12.4. The van der Waals surface area contributed by atoms with Crippen molar-refractivity contribution in [2.45, 2.75) is 13.5 Å². The maximum absolute atomic E-state index is 4.50. The van der Waals surface area contributed by atoms with E-state index < -0.39 is 0 Å². The van der Waals surface area contributed by atoms with Crippen molar-refractivity contribution in [3.05, 3.63) is 41.7 Å². The average Bonchev–Trinajstić information content (AvgIpc) is 2.88. The van der Waals surface area contributed by atoms with Gasteiger partial charge in [-0.15, -0.1) is 0 Å². The fourth-order valence-corrected chi connectivity index (χ4v) is 2.49. The number of hydrogen-bond donors (Lipinski definition) is 2. The van der Waals surface area contributed by atoms with E-state index in [0.29, 0.717) is 0 Å². The second-order valence-corrected chi connectivity index (χ2v) is 5.15. The van der Waals surface area contributed by atoms with Crippen LogP contribution in [0.4, 0.5) is 0 Å². The van der Waals surface area contributed by atoms with E-state index in [4.69, 9.17) is 0 Å². The second-order valence-electron chi connectivity index (χ2n) is 5.15. The molecule has 1 saturated heterocycles. The van der Waals surface area contributed by atoms with Gasteiger partial charge in [-0.05, 0) is 13.0 Å². The maximum Gasteiger partial charge on any atom is 0.137 e. The highest BCUT2D eigenvalue weighted by atomic mass is 15.2. The van der Waals surface area contributed by atoms with Crippen molar-refractivity contribution in [3.8, 4) is 11.4 Å². The number of aromatic amines is 1. The fourth-order valence-electron chi connectivity index (χ4n) is 2.49. The molecule has 0 radical (unpaired) electrons. The Morgan fingerprint density at radius 1 is 1.26 bits per heavy atom. The highest BCUT2D eigenvalue weighted by Crippen LogP contribution is 2.17. The highest BCUT2D eigenvalue weighted by Gasteiger charge is 2.11. The molecule has 2 N–H and O–H groups in total. The van der Waals surface area contributed by atoms with Crippen LogP contribution in [-0.2, 0) is 6.54 Å². The minimum absolute atomic E-state index is 0.959. The molecule has 4 nitrogen and oxygen atoms in total. The Bertz CT molecular complexity index is 541. The standard InChI is InChI=1S/C15H20N4/c1-12-3-2-4-13(9-12)15-17-10-14(18-15)11-19-7-5-16-6-8-19/h2-4,9-10,16H,5-8,11H2,1H3,(H,17,18). The molecule has 3 rings (SSSR count). The molecule has 2 heterocycles. The number of nitrogens with one attached hydrogen (secondary N) is 2. The number of benzene rings is 1. The summed E-state index contributed by atoms with van der Waals surface area (Å²) >= 11 is 0. The third-order valence-corrected chi connectivity index (χ3v) is 3.52. The lowest BCUT2D eigenvalue weighted by molar-refractivity contribution is 0.231. The predicted molar refractivity (Wildman–Crippen MR) is 76.9 cm³/mol. The molecule has 1 aliphatic rings. The zero-order valence-corrected chi connectivity index (χ0v) is 11.3. The van der Waals surface area contributed by atoms with Crippen LogP contribution in [0.25, 0.3) is 11.4 Å². The molecule has 100 valence electrons. The largest absolute Gasteiger partial charge is 0.341 e. The van der Waals surface area contributed by atoms with Gasteiger partial charge in [0.25, 0.3) is 0 Å². The zero-order chi connectivity index (χ0) is 13.1. The molecule has 1 aromatic carbocycles. The summed E-state index contributed by atoms with van der Waals surface area (Å²) in [6.07, 6.45) is 1.96. The molecule has 0 spiro atoms. The Kier molecular flexibility index (Phi) is 3.62. The van der Waals surface area contributed by atoms with E-state index in [0.717, 1.165) is 44.1 Å². The van der Waals surface area contributed by atoms with E-state index in [1.54, 1.807) is 0 Å². The topological polar surface area (TPSA) is 44.0 Å². The minimum atomic E-state index is 0.959. The lowest BCUT2D eigenvalue weighted by atomic mass is 10.1. The average molecular weight is 256 g/mol. The number of H-pyrrole nitrogens is 1. The Labute approximate surface area is 113 Å². The van der Waals surface area contributed by atoms with Gasteiger partial charge in [0.2, 0.25) is 0 Å². The Balaban J connectivity index is 1.72. The van der Waals surface area contributed by atoms with Crippen molar-refractivity contribution in [1.82, 2.24) is 20.2 Å². The van der Waals surface area contributed by atoms with Gasteiger partial charge in [0.15, 0.2) is 0 Å². The summed E-state index contributed by atoms with van der Waals surface area (Å²) in [5.74, 6) is 0.967. The third-order valence-electron chi connectivity index (χ3n) is 3.52. The van der Waals surface area contributed by atoms with Crippen LogP contribution in [0, 0.1) is 6.92 Å². The van der Waals surface area contributed by atoms with Crippen LogP contribution in [0.15, 0.2) is 30.5 Å². The van der Waals surface area contributed by atoms with Crippen LogP contribution < -0.4 is 5.32 Å². The molecule has 4 heteroatoms. The summed E-state index contributed by atoms with van der Waals surface area (Å²) in [6, 6.07) is 8.44. The van der Waals surface area contributed by atoms with Gasteiger partial charge in [-0.3, -0.25) is 4.90 Å². The zero-order valence-electron chi connectivity index (χ0n) is 11.3. The van der Waals surface area contributed by atoms with Gasteiger partial charge in [-0.25, -0.2) is 4.98 Å². The van der Waals surface area contributed by atoms with Crippen molar-refractivity contribution in [2.75, 3.05) is 26.2 Å². The SMILES string of the molecule is Cc1cccc(-c2ncc(CN3CCNCC3)[nH]2)c1. The Hall–Kier alpha value is -1.65. The molecule has 1 aromatic heterocycles. The number of aryl methyl sites for hydroxylation is 1. The summed E-state index contributed by atoms with van der Waals surface area (Å²) in [6.45, 7) is 7.45. The van der Waals surface area contributed by atoms with Crippen molar-refractivity contribution >= 4 is 0 Å². The van der Waals surface area contributed by atoms with Crippen LogP contribution in [0.3, 0.4) is 0 Å². The minimum Gasteiger partial charge on any atom is -0.341 e. The molecular formula is C15H20N4. The van der Waals surface area contributed by atoms with E-state index in [-0.39, 0.29) is 0 Å². The quantitative estimate of drug-likeness (QED) is 0.880. The van der Waals surface area contributed by atoms with Crippen LogP contribution in [0.2, 0.25) is 0 Å². The summed E-state index contributed by atoms with van der Waals surface area (Å²) in [5, 5.41) is 3.37. The maximum atomic E-state index is 4.50. The van der Waals surface area contributed by atoms with Crippen molar-refractivity contribution in [3.63, 3.8) is 0 Å². The molecule has 0 bridgehead atoms. The highest BCUT2D eigenvalue weighted by molar-refractivity contribution is 5.56. The summed E-state index contributed by atoms with van der Waals surface area (Å²) in [7, 11) is 0. The van der Waals surface area contributed by atoms with Crippen molar-refractivity contribution in [1.29, 1.82) is 0 Å². The normalized spacial score (nSPS) is 16.7. The molecule has 1 aliphatic heterocycles. The summed E-state index contributed by atoms with van der Waals surface area (Å²) in [5.41, 5.74) is 3.61. The number of hydrogen-bond acceptors (Lipinski definition) is 3. The van der Waals surface area contributed by atoms with E-state index in [2.05, 4.69) is 51.4 Å². The van der Waals surface area contributed by atoms with Crippen molar-refractivity contribution < 1.29 is 0 Å². The first-order chi connectivity index (χ1) is 9.31. The van der Waals surface area contributed by atoms with Gasteiger partial charge in [0, 0.05) is 50.2 Å². The van der Waals surface area contributed by atoms with Gasteiger partial charge >= 0.3 is 0 Å². The summed E-state index contributed by atoms with van der Waals surface area (Å²) < 4.78 is 0. The first-order valence-corrected chi connectivity index (χ1v) is 6.85. The summed E-state index contributed by atoms with van der Waals surface area (Å²) in [4.78, 5) is 10.4. The van der Waals surface area contributed by atoms with Crippen LogP contribution in [0.1, 0.15) is 11.3 Å². The van der Waals surface area contributed by atoms with E-state index in [1.165, 1.54) is 11.3 Å².